The van der Waals surface area contributed by atoms with Crippen LogP contribution in [-0.2, 0) is 0 Å². The molecule has 0 saturated heterocycles. The van der Waals surface area contributed by atoms with Crippen molar-refractivity contribution in [3.05, 3.63) is 52.5 Å². The highest BCUT2D eigenvalue weighted by atomic mass is 32.1. The Kier molecular flexibility index (Phi) is 4.08. The second-order valence-electron chi connectivity index (χ2n) is 3.66. The molecule has 0 amide bonds. The van der Waals surface area contributed by atoms with E-state index in [0.717, 1.165) is 18.7 Å². The number of pyridine rings is 1. The van der Waals surface area contributed by atoms with Gasteiger partial charge in [0.05, 0.1) is 11.7 Å². The lowest BCUT2D eigenvalue weighted by atomic mass is 10.1. The van der Waals surface area contributed by atoms with Crippen LogP contribution < -0.4 is 5.32 Å². The number of hydrogen-bond donors (Lipinski definition) is 1. The van der Waals surface area contributed by atoms with Crippen molar-refractivity contribution in [2.45, 2.75) is 19.4 Å². The molecule has 1 N–H and O–H groups in total. The topological polar surface area (TPSA) is 24.9 Å². The van der Waals surface area contributed by atoms with Gasteiger partial charge in [0.15, 0.2) is 0 Å². The van der Waals surface area contributed by atoms with E-state index in [1.54, 1.807) is 11.3 Å². The largest absolute Gasteiger partial charge is 0.304 e. The molecule has 2 aromatic heterocycles. The van der Waals surface area contributed by atoms with Crippen LogP contribution in [0.15, 0.2) is 41.9 Å². The van der Waals surface area contributed by atoms with Crippen molar-refractivity contribution in [1.29, 1.82) is 0 Å². The molecular formula is C13H16N2S. The average molecular weight is 232 g/mol. The quantitative estimate of drug-likeness (QED) is 0.856. The first-order valence-electron chi connectivity index (χ1n) is 5.59. The lowest BCUT2D eigenvalue weighted by Crippen LogP contribution is -2.23. The highest BCUT2D eigenvalue weighted by Crippen LogP contribution is 2.24. The Morgan fingerprint density at radius 3 is 2.88 bits per heavy atom. The summed E-state index contributed by atoms with van der Waals surface area (Å²) in [6.45, 7) is 3.19. The lowest BCUT2D eigenvalue weighted by Gasteiger charge is -2.16. The summed E-state index contributed by atoms with van der Waals surface area (Å²) in [7, 11) is 0. The van der Waals surface area contributed by atoms with Gasteiger partial charge >= 0.3 is 0 Å². The molecule has 0 aromatic carbocycles. The van der Waals surface area contributed by atoms with Gasteiger partial charge in [0.1, 0.15) is 0 Å². The van der Waals surface area contributed by atoms with Crippen LogP contribution in [0.4, 0.5) is 0 Å². The van der Waals surface area contributed by atoms with Crippen molar-refractivity contribution in [2.24, 2.45) is 0 Å². The van der Waals surface area contributed by atoms with Crippen LogP contribution in [0.25, 0.3) is 0 Å². The van der Waals surface area contributed by atoms with Crippen LogP contribution >= 0.6 is 11.3 Å². The van der Waals surface area contributed by atoms with Crippen LogP contribution in [0.3, 0.4) is 0 Å². The predicted octanol–water partition coefficient (Wildman–Crippen LogP) is 3.23. The van der Waals surface area contributed by atoms with Gasteiger partial charge in [0.25, 0.3) is 0 Å². The van der Waals surface area contributed by atoms with Gasteiger partial charge in [-0.3, -0.25) is 4.98 Å². The molecular weight excluding hydrogens is 216 g/mol. The van der Waals surface area contributed by atoms with E-state index in [4.69, 9.17) is 0 Å². The Morgan fingerprint density at radius 1 is 1.31 bits per heavy atom. The molecule has 84 valence electrons. The van der Waals surface area contributed by atoms with Gasteiger partial charge in [-0.2, -0.15) is 0 Å². The minimum Gasteiger partial charge on any atom is -0.304 e. The smallest absolute Gasteiger partial charge is 0.0844 e. The van der Waals surface area contributed by atoms with E-state index in [-0.39, 0.29) is 6.04 Å². The molecule has 0 aliphatic heterocycles. The van der Waals surface area contributed by atoms with Gasteiger partial charge in [-0.05, 0) is 36.5 Å². The Bertz CT molecular complexity index is 397. The molecule has 0 bridgehead atoms. The standard InChI is InChI=1S/C13H16N2S/c1-2-8-15-13(12-7-5-10-16-12)11-6-3-4-9-14-11/h3-7,9-10,13,15H,2,8H2,1H3. The zero-order valence-electron chi connectivity index (χ0n) is 9.39. The summed E-state index contributed by atoms with van der Waals surface area (Å²) in [5.74, 6) is 0. The summed E-state index contributed by atoms with van der Waals surface area (Å²) in [6, 6.07) is 10.6. The van der Waals surface area contributed by atoms with Gasteiger partial charge in [-0.15, -0.1) is 11.3 Å². The molecule has 2 nitrogen and oxygen atoms in total. The Morgan fingerprint density at radius 2 is 2.25 bits per heavy atom. The summed E-state index contributed by atoms with van der Waals surface area (Å²) in [4.78, 5) is 5.76. The van der Waals surface area contributed by atoms with E-state index in [9.17, 15) is 0 Å². The number of aromatic nitrogens is 1. The Balaban J connectivity index is 2.21. The van der Waals surface area contributed by atoms with E-state index in [0.29, 0.717) is 0 Å². The minimum atomic E-state index is 0.237. The Labute approximate surface area is 100 Å². The van der Waals surface area contributed by atoms with Crippen LogP contribution in [0.5, 0.6) is 0 Å². The third-order valence-corrected chi connectivity index (χ3v) is 3.35. The number of nitrogens with one attached hydrogen (secondary N) is 1. The number of nitrogens with zero attached hydrogens (tertiary/aromatic N) is 1. The maximum atomic E-state index is 4.43. The van der Waals surface area contributed by atoms with Crippen molar-refractivity contribution in [2.75, 3.05) is 6.54 Å². The van der Waals surface area contributed by atoms with Crippen molar-refractivity contribution in [3.63, 3.8) is 0 Å². The average Bonchev–Trinajstić information content (AvgIpc) is 2.85. The zero-order chi connectivity index (χ0) is 11.2. The van der Waals surface area contributed by atoms with E-state index in [1.165, 1.54) is 4.88 Å². The summed E-state index contributed by atoms with van der Waals surface area (Å²) in [6.07, 6.45) is 2.98. The summed E-state index contributed by atoms with van der Waals surface area (Å²) < 4.78 is 0. The van der Waals surface area contributed by atoms with Crippen LogP contribution in [0, 0.1) is 0 Å². The first-order valence-corrected chi connectivity index (χ1v) is 6.47. The molecule has 1 unspecified atom stereocenters. The lowest BCUT2D eigenvalue weighted by molar-refractivity contribution is 0.594. The van der Waals surface area contributed by atoms with Gasteiger partial charge < -0.3 is 5.32 Å². The van der Waals surface area contributed by atoms with Crippen molar-refractivity contribution < 1.29 is 0 Å². The highest BCUT2D eigenvalue weighted by Gasteiger charge is 2.14. The first kappa shape index (κ1) is 11.3. The van der Waals surface area contributed by atoms with E-state index in [2.05, 4.69) is 40.8 Å². The highest BCUT2D eigenvalue weighted by molar-refractivity contribution is 7.10. The number of hydrogen-bond acceptors (Lipinski definition) is 3. The first-order chi connectivity index (χ1) is 7.92. The molecule has 2 aromatic rings. The number of thiophene rings is 1. The van der Waals surface area contributed by atoms with Crippen LogP contribution in [0.2, 0.25) is 0 Å². The fourth-order valence-electron chi connectivity index (χ4n) is 1.64. The maximum absolute atomic E-state index is 4.43. The molecule has 0 aliphatic carbocycles. The summed E-state index contributed by atoms with van der Waals surface area (Å²) in [5.41, 5.74) is 1.10. The zero-order valence-corrected chi connectivity index (χ0v) is 10.2. The normalized spacial score (nSPS) is 12.6. The number of rotatable bonds is 5. The van der Waals surface area contributed by atoms with Crippen LogP contribution in [0.1, 0.15) is 30.0 Å². The van der Waals surface area contributed by atoms with E-state index >= 15 is 0 Å². The second kappa shape index (κ2) is 5.77. The minimum absolute atomic E-state index is 0.237. The van der Waals surface area contributed by atoms with Crippen LogP contribution in [-0.4, -0.2) is 11.5 Å². The molecule has 0 spiro atoms. The van der Waals surface area contributed by atoms with Gasteiger partial charge in [0.2, 0.25) is 0 Å². The predicted molar refractivity (Wildman–Crippen MR) is 68.7 cm³/mol. The fraction of sp³-hybridized carbons (Fsp3) is 0.308. The molecule has 0 fully saturated rings. The van der Waals surface area contributed by atoms with Gasteiger partial charge in [0, 0.05) is 11.1 Å². The molecule has 2 heterocycles. The third kappa shape index (κ3) is 2.68. The SMILES string of the molecule is CCCNC(c1ccccn1)c1cccs1. The molecule has 2 rings (SSSR count). The second-order valence-corrected chi connectivity index (χ2v) is 4.64. The van der Waals surface area contributed by atoms with E-state index < -0.39 is 0 Å². The van der Waals surface area contributed by atoms with Crippen molar-refractivity contribution >= 4 is 11.3 Å². The molecule has 1 atom stereocenters. The molecule has 0 radical (unpaired) electrons. The van der Waals surface area contributed by atoms with Crippen molar-refractivity contribution in [3.8, 4) is 0 Å². The molecule has 0 saturated carbocycles. The summed E-state index contributed by atoms with van der Waals surface area (Å²) >= 11 is 1.77. The fourth-order valence-corrected chi connectivity index (χ4v) is 2.45. The maximum Gasteiger partial charge on any atom is 0.0844 e. The van der Waals surface area contributed by atoms with Crippen molar-refractivity contribution in [1.82, 2.24) is 10.3 Å². The van der Waals surface area contributed by atoms with Gasteiger partial charge in [-0.25, -0.2) is 0 Å². The summed E-state index contributed by atoms with van der Waals surface area (Å²) in [5, 5.41) is 5.65. The van der Waals surface area contributed by atoms with Gasteiger partial charge in [-0.1, -0.05) is 19.1 Å². The third-order valence-electron chi connectivity index (χ3n) is 2.41. The molecule has 16 heavy (non-hydrogen) atoms. The molecule has 0 aliphatic rings. The monoisotopic (exact) mass is 232 g/mol. The van der Waals surface area contributed by atoms with E-state index in [1.807, 2.05) is 18.3 Å². The molecule has 3 heteroatoms. The Hall–Kier alpha value is -1.19.